The van der Waals surface area contributed by atoms with Crippen molar-refractivity contribution >= 4 is 0 Å². The van der Waals surface area contributed by atoms with Crippen molar-refractivity contribution in [2.45, 2.75) is 86.5 Å². The third-order valence-electron chi connectivity index (χ3n) is 1.50. The van der Waals surface area contributed by atoms with Gasteiger partial charge in [-0.05, 0) is 0 Å². The van der Waals surface area contributed by atoms with Crippen LogP contribution in [0.25, 0.3) is 0 Å². The molecule has 0 aliphatic heterocycles. The molecular weight excluding hydrogens is 156 g/mol. The van der Waals surface area contributed by atoms with Crippen LogP contribution in [0, 0.1) is 0 Å². The van der Waals surface area contributed by atoms with Gasteiger partial charge >= 0.3 is 0 Å². The molecule has 1 aliphatic rings. The molecular formula is C13H34. The van der Waals surface area contributed by atoms with Crippen LogP contribution in [0.2, 0.25) is 0 Å². The van der Waals surface area contributed by atoms with E-state index in [1.165, 1.54) is 44.9 Å². The molecule has 0 amide bonds. The molecule has 0 heterocycles. The first-order valence-electron chi connectivity index (χ1n) is 6.41. The third-order valence-corrected chi connectivity index (χ3v) is 1.50. The van der Waals surface area contributed by atoms with Crippen LogP contribution in [0.5, 0.6) is 0 Å². The second-order valence-corrected chi connectivity index (χ2v) is 2.83. The summed E-state index contributed by atoms with van der Waals surface area (Å²) in [5, 5.41) is 0. The van der Waals surface area contributed by atoms with Crippen LogP contribution in [-0.4, -0.2) is 0 Å². The maximum atomic E-state index is 2.12. The van der Waals surface area contributed by atoms with Gasteiger partial charge in [0, 0.05) is 1.43 Å². The number of rotatable bonds is 0. The van der Waals surface area contributed by atoms with Gasteiger partial charge in [-0.3, -0.25) is 0 Å². The first-order valence-corrected chi connectivity index (χ1v) is 6.41. The molecule has 1 fully saturated rings. The topological polar surface area (TPSA) is 0 Å². The van der Waals surface area contributed by atoms with Crippen molar-refractivity contribution in [1.29, 1.82) is 0 Å². The minimum absolute atomic E-state index is 0. The van der Waals surface area contributed by atoms with Crippen molar-refractivity contribution in [3.05, 3.63) is 0 Å². The van der Waals surface area contributed by atoms with E-state index >= 15 is 0 Å². The molecule has 86 valence electrons. The molecule has 0 nitrogen and oxygen atoms in total. The van der Waals surface area contributed by atoms with Gasteiger partial charge in [0.15, 0.2) is 0 Å². The standard InChI is InChI=1S/C6H12.C3H8.2C2H6.H2/c1-2-4-6-5-3-1;1-3-2;2*1-2;/h1-6H2;3H2,1-2H3;2*1-2H3;1H. The van der Waals surface area contributed by atoms with Crippen LogP contribution in [0.3, 0.4) is 0 Å². The lowest BCUT2D eigenvalue weighted by Gasteiger charge is -2.05. The summed E-state index contributed by atoms with van der Waals surface area (Å²) >= 11 is 0. The molecule has 0 aromatic heterocycles. The monoisotopic (exact) mass is 190 g/mol. The molecule has 13 heavy (non-hydrogen) atoms. The summed E-state index contributed by atoms with van der Waals surface area (Å²) in [5.74, 6) is 0. The molecule has 0 aromatic carbocycles. The largest absolute Gasteiger partial charge is 0.0683 e. The zero-order valence-electron chi connectivity index (χ0n) is 10.9. The highest BCUT2D eigenvalue weighted by molar-refractivity contribution is 4.51. The average Bonchev–Trinajstić information content (AvgIpc) is 2.27. The Morgan fingerprint density at radius 2 is 0.692 bits per heavy atom. The van der Waals surface area contributed by atoms with Gasteiger partial charge in [-0.2, -0.15) is 0 Å². The molecule has 0 aromatic rings. The highest BCUT2D eigenvalue weighted by atomic mass is 14.0. The van der Waals surface area contributed by atoms with E-state index in [2.05, 4.69) is 13.8 Å². The van der Waals surface area contributed by atoms with Gasteiger partial charge in [0.1, 0.15) is 0 Å². The van der Waals surface area contributed by atoms with E-state index in [0.717, 1.165) is 0 Å². The molecule has 0 bridgehead atoms. The first-order chi connectivity index (χ1) is 6.41. The van der Waals surface area contributed by atoms with E-state index in [1.54, 1.807) is 0 Å². The van der Waals surface area contributed by atoms with Crippen LogP contribution in [0.15, 0.2) is 0 Å². The summed E-state index contributed by atoms with van der Waals surface area (Å²) in [6.07, 6.45) is 10.2. The van der Waals surface area contributed by atoms with Crippen LogP contribution >= 0.6 is 0 Å². The molecule has 1 rings (SSSR count). The molecule has 0 radical (unpaired) electrons. The molecule has 0 heteroatoms. The van der Waals surface area contributed by atoms with E-state index in [1.807, 2.05) is 27.7 Å². The molecule has 0 saturated heterocycles. The maximum Gasteiger partial charge on any atom is 0 e. The average molecular weight is 190 g/mol. The fraction of sp³-hybridized carbons (Fsp3) is 1.00. The van der Waals surface area contributed by atoms with Gasteiger partial charge in [-0.25, -0.2) is 0 Å². The van der Waals surface area contributed by atoms with Crippen LogP contribution in [-0.2, 0) is 0 Å². The fourth-order valence-electron chi connectivity index (χ4n) is 1.06. The van der Waals surface area contributed by atoms with Crippen molar-refractivity contribution in [1.82, 2.24) is 0 Å². The van der Waals surface area contributed by atoms with E-state index in [9.17, 15) is 0 Å². The van der Waals surface area contributed by atoms with E-state index < -0.39 is 0 Å². The first kappa shape index (κ1) is 18.7. The van der Waals surface area contributed by atoms with E-state index in [0.29, 0.717) is 0 Å². The fourth-order valence-corrected chi connectivity index (χ4v) is 1.06. The highest BCUT2D eigenvalue weighted by Crippen LogP contribution is 2.15. The summed E-state index contributed by atoms with van der Waals surface area (Å²) in [4.78, 5) is 0. The summed E-state index contributed by atoms with van der Waals surface area (Å²) < 4.78 is 0. The second kappa shape index (κ2) is 29.6. The van der Waals surface area contributed by atoms with Crippen molar-refractivity contribution in [2.24, 2.45) is 0 Å². The van der Waals surface area contributed by atoms with Crippen molar-refractivity contribution < 1.29 is 1.43 Å². The van der Waals surface area contributed by atoms with Gasteiger partial charge in [-0.15, -0.1) is 0 Å². The van der Waals surface area contributed by atoms with E-state index in [4.69, 9.17) is 0 Å². The zero-order valence-corrected chi connectivity index (χ0v) is 10.9. The van der Waals surface area contributed by atoms with Gasteiger partial charge < -0.3 is 0 Å². The Morgan fingerprint density at radius 3 is 0.769 bits per heavy atom. The zero-order chi connectivity index (χ0) is 10.9. The Kier molecular flexibility index (Phi) is 42.7. The van der Waals surface area contributed by atoms with Crippen molar-refractivity contribution in [3.63, 3.8) is 0 Å². The Balaban J connectivity index is -0.0000000549. The molecule has 0 spiro atoms. The molecule has 1 aliphatic carbocycles. The quantitative estimate of drug-likeness (QED) is 0.436. The third kappa shape index (κ3) is 33.3. The summed E-state index contributed by atoms with van der Waals surface area (Å²) in [6.45, 7) is 12.2. The predicted molar refractivity (Wildman–Crippen MR) is 68.5 cm³/mol. The Morgan fingerprint density at radius 1 is 0.615 bits per heavy atom. The molecule has 1 saturated carbocycles. The van der Waals surface area contributed by atoms with Crippen molar-refractivity contribution in [2.75, 3.05) is 0 Å². The Labute approximate surface area is 88.6 Å². The van der Waals surface area contributed by atoms with E-state index in [-0.39, 0.29) is 1.43 Å². The van der Waals surface area contributed by atoms with Crippen LogP contribution in [0.4, 0.5) is 0 Å². The number of hydrogen-bond acceptors (Lipinski definition) is 0. The normalized spacial score (nSPS) is 13.4. The van der Waals surface area contributed by atoms with Crippen molar-refractivity contribution in [3.8, 4) is 0 Å². The highest BCUT2D eigenvalue weighted by Gasteiger charge is 1.95. The Hall–Kier alpha value is 0. The summed E-state index contributed by atoms with van der Waals surface area (Å²) in [6, 6.07) is 0. The SMILES string of the molecule is C1CCCCC1.CC.CC.CCC.[HH]. The minimum atomic E-state index is 0. The Bertz CT molecular complexity index is 29.0. The van der Waals surface area contributed by atoms with Gasteiger partial charge in [0.05, 0.1) is 0 Å². The maximum absolute atomic E-state index is 2.12. The summed E-state index contributed by atoms with van der Waals surface area (Å²) in [5.41, 5.74) is 0. The van der Waals surface area contributed by atoms with Crippen LogP contribution < -0.4 is 0 Å². The second-order valence-electron chi connectivity index (χ2n) is 2.83. The molecule has 0 atom stereocenters. The number of hydrogen-bond donors (Lipinski definition) is 0. The van der Waals surface area contributed by atoms with Gasteiger partial charge in [0.2, 0.25) is 0 Å². The van der Waals surface area contributed by atoms with Gasteiger partial charge in [0.25, 0.3) is 0 Å². The lowest BCUT2D eigenvalue weighted by molar-refractivity contribution is 0.504. The lowest BCUT2D eigenvalue weighted by Crippen LogP contribution is -1.85. The van der Waals surface area contributed by atoms with Gasteiger partial charge in [-0.1, -0.05) is 86.5 Å². The smallest absolute Gasteiger partial charge is 0 e. The predicted octanol–water partition coefficient (Wildman–Crippen LogP) is 6.06. The van der Waals surface area contributed by atoms with Crippen LogP contribution in [0.1, 0.15) is 87.9 Å². The molecule has 0 unspecified atom stereocenters. The molecule has 0 N–H and O–H groups in total. The minimum Gasteiger partial charge on any atom is -0.0683 e. The lowest BCUT2D eigenvalue weighted by atomic mass is 10.0. The summed E-state index contributed by atoms with van der Waals surface area (Å²) in [7, 11) is 0.